The lowest BCUT2D eigenvalue weighted by Gasteiger charge is -2.05. The molecule has 3 nitrogen and oxygen atoms in total. The molecule has 0 saturated carbocycles. The van der Waals surface area contributed by atoms with Crippen molar-refractivity contribution in [3.05, 3.63) is 57.6 Å². The van der Waals surface area contributed by atoms with E-state index in [9.17, 15) is 0 Å². The summed E-state index contributed by atoms with van der Waals surface area (Å²) in [7, 11) is 0. The first kappa shape index (κ1) is 13.3. The van der Waals surface area contributed by atoms with Crippen molar-refractivity contribution < 1.29 is 0 Å². The van der Waals surface area contributed by atoms with Gasteiger partial charge in [0.25, 0.3) is 0 Å². The van der Waals surface area contributed by atoms with Crippen LogP contribution in [0.25, 0.3) is 0 Å². The van der Waals surface area contributed by atoms with Crippen molar-refractivity contribution in [3.8, 4) is 0 Å². The number of rotatable bonds is 4. The maximum Gasteiger partial charge on any atom is 0.132 e. The van der Waals surface area contributed by atoms with Crippen LogP contribution in [0.1, 0.15) is 17.1 Å². The number of nitrogens with two attached hydrogens (primary N) is 1. The zero-order valence-corrected chi connectivity index (χ0v) is 11.2. The van der Waals surface area contributed by atoms with Crippen LogP contribution in [0, 0.1) is 0 Å². The summed E-state index contributed by atoms with van der Waals surface area (Å²) in [4.78, 5) is 8.68. The molecule has 0 aliphatic rings. The van der Waals surface area contributed by atoms with Crippen molar-refractivity contribution in [2.24, 2.45) is 5.73 Å². The average molecular weight is 282 g/mol. The van der Waals surface area contributed by atoms with Crippen LogP contribution in [0.5, 0.6) is 0 Å². The standard InChI is InChI=1S/C13H13Cl2N3/c14-10-2-1-9(12(15)8-10)7-13-17-6-4-11(18-13)3-5-16/h1-2,4,6,8H,3,5,7,16H2. The van der Waals surface area contributed by atoms with Gasteiger partial charge in [-0.25, -0.2) is 9.97 Å². The monoisotopic (exact) mass is 281 g/mol. The third-order valence-electron chi connectivity index (χ3n) is 2.53. The van der Waals surface area contributed by atoms with Crippen LogP contribution in [-0.2, 0) is 12.8 Å². The van der Waals surface area contributed by atoms with E-state index in [1.54, 1.807) is 12.3 Å². The predicted octanol–water partition coefficient (Wildman–Crippen LogP) is 2.88. The summed E-state index contributed by atoms with van der Waals surface area (Å²) in [6, 6.07) is 7.30. The second kappa shape index (κ2) is 6.14. The van der Waals surface area contributed by atoms with Gasteiger partial charge in [0.2, 0.25) is 0 Å². The molecule has 2 N–H and O–H groups in total. The molecule has 94 valence electrons. The van der Waals surface area contributed by atoms with Crippen molar-refractivity contribution in [1.29, 1.82) is 0 Å². The van der Waals surface area contributed by atoms with Crippen LogP contribution in [0.4, 0.5) is 0 Å². The molecule has 0 radical (unpaired) electrons. The van der Waals surface area contributed by atoms with Crippen LogP contribution >= 0.6 is 23.2 Å². The second-order valence-electron chi connectivity index (χ2n) is 3.92. The maximum atomic E-state index is 6.12. The Labute approximate surface area is 116 Å². The lowest BCUT2D eigenvalue weighted by atomic mass is 10.1. The van der Waals surface area contributed by atoms with E-state index in [1.165, 1.54) is 0 Å². The van der Waals surface area contributed by atoms with Crippen LogP contribution < -0.4 is 5.73 Å². The third-order valence-corrected chi connectivity index (χ3v) is 3.11. The number of hydrogen-bond donors (Lipinski definition) is 1. The van der Waals surface area contributed by atoms with Gasteiger partial charge in [0.15, 0.2) is 0 Å². The van der Waals surface area contributed by atoms with Crippen molar-refractivity contribution in [1.82, 2.24) is 9.97 Å². The Kier molecular flexibility index (Phi) is 4.53. The summed E-state index contributed by atoms with van der Waals surface area (Å²) in [6.45, 7) is 0.582. The van der Waals surface area contributed by atoms with E-state index in [0.717, 1.165) is 23.5 Å². The van der Waals surface area contributed by atoms with Gasteiger partial charge < -0.3 is 5.73 Å². The van der Waals surface area contributed by atoms with Crippen LogP contribution in [0.15, 0.2) is 30.5 Å². The maximum absolute atomic E-state index is 6.12. The van der Waals surface area contributed by atoms with E-state index in [4.69, 9.17) is 28.9 Å². The van der Waals surface area contributed by atoms with E-state index >= 15 is 0 Å². The molecule has 5 heteroatoms. The Balaban J connectivity index is 2.20. The predicted molar refractivity (Wildman–Crippen MR) is 74.1 cm³/mol. The first-order valence-electron chi connectivity index (χ1n) is 5.64. The molecule has 0 spiro atoms. The fourth-order valence-electron chi connectivity index (χ4n) is 1.65. The SMILES string of the molecule is NCCc1ccnc(Cc2ccc(Cl)cc2Cl)n1. The van der Waals surface area contributed by atoms with E-state index in [2.05, 4.69) is 9.97 Å². The molecule has 0 amide bonds. The molecule has 1 heterocycles. The minimum atomic E-state index is 0.582. The van der Waals surface area contributed by atoms with Gasteiger partial charge in [0.1, 0.15) is 5.82 Å². The number of nitrogens with zero attached hydrogens (tertiary/aromatic N) is 2. The molecule has 0 atom stereocenters. The molecule has 0 saturated heterocycles. The third kappa shape index (κ3) is 3.42. The first-order chi connectivity index (χ1) is 8.69. The van der Waals surface area contributed by atoms with Crippen LogP contribution in [0.2, 0.25) is 10.0 Å². The smallest absolute Gasteiger partial charge is 0.132 e. The highest BCUT2D eigenvalue weighted by Gasteiger charge is 2.05. The first-order valence-corrected chi connectivity index (χ1v) is 6.39. The summed E-state index contributed by atoms with van der Waals surface area (Å²) in [5.41, 5.74) is 7.42. The van der Waals surface area contributed by atoms with Crippen LogP contribution in [0.3, 0.4) is 0 Å². The zero-order chi connectivity index (χ0) is 13.0. The van der Waals surface area contributed by atoms with E-state index in [-0.39, 0.29) is 0 Å². The lowest BCUT2D eigenvalue weighted by Crippen LogP contribution is -2.07. The van der Waals surface area contributed by atoms with Crippen molar-refractivity contribution in [2.45, 2.75) is 12.8 Å². The highest BCUT2D eigenvalue weighted by Crippen LogP contribution is 2.22. The molecule has 1 aromatic carbocycles. The molecule has 1 aromatic heterocycles. The Morgan fingerprint density at radius 1 is 1.17 bits per heavy atom. The van der Waals surface area contributed by atoms with Gasteiger partial charge in [0.05, 0.1) is 0 Å². The van der Waals surface area contributed by atoms with Gasteiger partial charge in [-0.3, -0.25) is 0 Å². The van der Waals surface area contributed by atoms with Gasteiger partial charge >= 0.3 is 0 Å². The number of benzene rings is 1. The molecular formula is C13H13Cl2N3. The lowest BCUT2D eigenvalue weighted by molar-refractivity contribution is 0.866. The summed E-state index contributed by atoms with van der Waals surface area (Å²) >= 11 is 12.0. The van der Waals surface area contributed by atoms with Gasteiger partial charge in [-0.2, -0.15) is 0 Å². The van der Waals surface area contributed by atoms with Gasteiger partial charge in [0, 0.05) is 34.8 Å². The number of aromatic nitrogens is 2. The van der Waals surface area contributed by atoms with E-state index in [0.29, 0.717) is 23.0 Å². The molecule has 0 unspecified atom stereocenters. The molecule has 2 rings (SSSR count). The Bertz CT molecular complexity index is 544. The normalized spacial score (nSPS) is 10.6. The molecule has 18 heavy (non-hydrogen) atoms. The highest BCUT2D eigenvalue weighted by atomic mass is 35.5. The summed E-state index contributed by atoms with van der Waals surface area (Å²) in [5, 5.41) is 1.26. The summed E-state index contributed by atoms with van der Waals surface area (Å²) < 4.78 is 0. The number of halogens is 2. The Morgan fingerprint density at radius 2 is 2.00 bits per heavy atom. The van der Waals surface area contributed by atoms with E-state index < -0.39 is 0 Å². The average Bonchev–Trinajstić information content (AvgIpc) is 2.34. The quantitative estimate of drug-likeness (QED) is 0.938. The minimum absolute atomic E-state index is 0.582. The molecule has 0 fully saturated rings. The summed E-state index contributed by atoms with van der Waals surface area (Å²) in [6.07, 6.45) is 3.09. The second-order valence-corrected chi connectivity index (χ2v) is 4.76. The Hall–Kier alpha value is -1.16. The molecule has 0 aliphatic carbocycles. The van der Waals surface area contributed by atoms with Crippen LogP contribution in [-0.4, -0.2) is 16.5 Å². The van der Waals surface area contributed by atoms with Crippen molar-refractivity contribution in [3.63, 3.8) is 0 Å². The molecule has 2 aromatic rings. The van der Waals surface area contributed by atoms with Crippen molar-refractivity contribution >= 4 is 23.2 Å². The minimum Gasteiger partial charge on any atom is -0.330 e. The fourth-order valence-corrected chi connectivity index (χ4v) is 2.12. The van der Waals surface area contributed by atoms with E-state index in [1.807, 2.05) is 18.2 Å². The largest absolute Gasteiger partial charge is 0.330 e. The molecule has 0 aliphatic heterocycles. The molecule has 0 bridgehead atoms. The Morgan fingerprint density at radius 3 is 2.72 bits per heavy atom. The molecular weight excluding hydrogens is 269 g/mol. The highest BCUT2D eigenvalue weighted by molar-refractivity contribution is 6.35. The topological polar surface area (TPSA) is 51.8 Å². The van der Waals surface area contributed by atoms with Gasteiger partial charge in [-0.15, -0.1) is 0 Å². The number of hydrogen-bond acceptors (Lipinski definition) is 3. The summed E-state index contributed by atoms with van der Waals surface area (Å²) in [5.74, 6) is 0.741. The fraction of sp³-hybridized carbons (Fsp3) is 0.231. The van der Waals surface area contributed by atoms with Crippen molar-refractivity contribution in [2.75, 3.05) is 6.54 Å². The van der Waals surface area contributed by atoms with Gasteiger partial charge in [-0.05, 0) is 30.3 Å². The van der Waals surface area contributed by atoms with Gasteiger partial charge in [-0.1, -0.05) is 29.3 Å². The zero-order valence-electron chi connectivity index (χ0n) is 9.74.